The van der Waals surface area contributed by atoms with E-state index in [1.165, 1.54) is 11.8 Å². The number of hydrogen-bond donors (Lipinski definition) is 4. The predicted molar refractivity (Wildman–Crippen MR) is 88.5 cm³/mol. The molecule has 1 aliphatic heterocycles. The van der Waals surface area contributed by atoms with Gasteiger partial charge in [-0.1, -0.05) is 0 Å². The molecule has 1 heterocycles. The van der Waals surface area contributed by atoms with Crippen molar-refractivity contribution in [2.24, 2.45) is 5.73 Å². The van der Waals surface area contributed by atoms with Crippen LogP contribution in [0.3, 0.4) is 0 Å². The first-order chi connectivity index (χ1) is 10.9. The normalized spacial score (nSPS) is 19.1. The van der Waals surface area contributed by atoms with E-state index >= 15 is 0 Å². The Kier molecular flexibility index (Phi) is 8.21. The lowest BCUT2D eigenvalue weighted by Crippen LogP contribution is -2.54. The molecule has 0 spiro atoms. The van der Waals surface area contributed by atoms with E-state index in [2.05, 4.69) is 17.9 Å². The zero-order valence-electron chi connectivity index (χ0n) is 13.2. The third-order valence-corrected chi connectivity index (χ3v) is 3.84. The number of nitrogens with two attached hydrogens (primary N) is 1. The standard InChI is InChI=1S/C14H24N4O4S/c1-9(19)18-6-7-22-11(8-18)14(21)17-10(4-2-3-5-15)12(20)13(16)23/h10-11H,2-8,15H2,1H3,(H2,16,23)(H,17,21)/t10-,11?/m0/s1. The number of morpholine rings is 1. The molecule has 0 saturated carbocycles. The lowest BCUT2D eigenvalue weighted by Gasteiger charge is -2.32. The molecule has 1 unspecified atom stereocenters. The summed E-state index contributed by atoms with van der Waals surface area (Å²) < 4.78 is 5.38. The van der Waals surface area contributed by atoms with Crippen molar-refractivity contribution in [2.75, 3.05) is 26.2 Å². The molecule has 2 amide bonds. The van der Waals surface area contributed by atoms with E-state index in [1.807, 2.05) is 0 Å². The summed E-state index contributed by atoms with van der Waals surface area (Å²) in [6.45, 7) is 2.79. The number of ether oxygens (including phenoxy) is 1. The van der Waals surface area contributed by atoms with Crippen LogP contribution in [0.2, 0.25) is 0 Å². The third kappa shape index (κ3) is 6.28. The number of ketones is 1. The van der Waals surface area contributed by atoms with Gasteiger partial charge >= 0.3 is 0 Å². The Labute approximate surface area is 141 Å². The summed E-state index contributed by atoms with van der Waals surface area (Å²) in [5.41, 5.74) is 5.43. The minimum Gasteiger partial charge on any atom is -0.365 e. The lowest BCUT2D eigenvalue weighted by atomic mass is 10.0. The topological polar surface area (TPSA) is 126 Å². The average molecular weight is 344 g/mol. The van der Waals surface area contributed by atoms with Gasteiger partial charge in [-0.2, -0.15) is 0 Å². The van der Waals surface area contributed by atoms with Gasteiger partial charge in [0.05, 0.1) is 19.2 Å². The van der Waals surface area contributed by atoms with Crippen LogP contribution in [-0.2, 0) is 19.1 Å². The highest BCUT2D eigenvalue weighted by molar-refractivity contribution is 7.99. The Hall–Kier alpha value is -1.45. The maximum absolute atomic E-state index is 12.3. The summed E-state index contributed by atoms with van der Waals surface area (Å²) in [4.78, 5) is 37.2. The number of hydrogen-bond acceptors (Lipinski definition) is 6. The molecule has 0 radical (unpaired) electrons. The second-order valence-corrected chi connectivity index (χ2v) is 5.83. The number of nitrogens with zero attached hydrogens (tertiary/aromatic N) is 1. The molecule has 0 aromatic heterocycles. The van der Waals surface area contributed by atoms with E-state index in [1.54, 1.807) is 0 Å². The second kappa shape index (κ2) is 9.64. The summed E-state index contributed by atoms with van der Waals surface area (Å²) in [6.07, 6.45) is 0.941. The monoisotopic (exact) mass is 344 g/mol. The second-order valence-electron chi connectivity index (χ2n) is 5.38. The first-order valence-electron chi connectivity index (χ1n) is 7.56. The first-order valence-corrected chi connectivity index (χ1v) is 8.00. The Balaban J connectivity index is 2.65. The molecule has 1 fully saturated rings. The van der Waals surface area contributed by atoms with Crippen LogP contribution in [0.5, 0.6) is 0 Å². The zero-order chi connectivity index (χ0) is 17.4. The molecule has 130 valence electrons. The van der Waals surface area contributed by atoms with Gasteiger partial charge in [0.15, 0.2) is 6.10 Å². The fourth-order valence-corrected chi connectivity index (χ4v) is 2.44. The van der Waals surface area contributed by atoms with E-state index in [4.69, 9.17) is 15.9 Å². The fraction of sp³-hybridized carbons (Fsp3) is 0.714. The van der Waals surface area contributed by atoms with Gasteiger partial charge in [-0.25, -0.2) is 0 Å². The zero-order valence-corrected chi connectivity index (χ0v) is 14.1. The average Bonchev–Trinajstić information content (AvgIpc) is 2.53. The number of nitrogens with one attached hydrogen (secondary N) is 2. The highest BCUT2D eigenvalue weighted by Crippen LogP contribution is 2.09. The van der Waals surface area contributed by atoms with Crippen molar-refractivity contribution >= 4 is 35.3 Å². The van der Waals surface area contributed by atoms with Crippen molar-refractivity contribution < 1.29 is 19.1 Å². The van der Waals surface area contributed by atoms with Gasteiger partial charge in [0, 0.05) is 13.5 Å². The minimum atomic E-state index is -0.824. The van der Waals surface area contributed by atoms with E-state index in [0.717, 1.165) is 6.42 Å². The van der Waals surface area contributed by atoms with Crippen molar-refractivity contribution in [3.05, 3.63) is 0 Å². The van der Waals surface area contributed by atoms with Gasteiger partial charge in [0.25, 0.3) is 5.91 Å². The van der Waals surface area contributed by atoms with Gasteiger partial charge in [-0.15, -0.1) is 12.6 Å². The van der Waals surface area contributed by atoms with Crippen LogP contribution in [0, 0.1) is 5.41 Å². The van der Waals surface area contributed by atoms with Crippen molar-refractivity contribution in [3.63, 3.8) is 0 Å². The molecule has 0 bridgehead atoms. The van der Waals surface area contributed by atoms with Crippen LogP contribution in [0.25, 0.3) is 0 Å². The molecular formula is C14H24N4O4S. The maximum Gasteiger partial charge on any atom is 0.251 e. The highest BCUT2D eigenvalue weighted by atomic mass is 32.1. The van der Waals surface area contributed by atoms with E-state index in [-0.39, 0.29) is 19.1 Å². The Morgan fingerprint density at radius 2 is 2.13 bits per heavy atom. The van der Waals surface area contributed by atoms with Crippen molar-refractivity contribution in [2.45, 2.75) is 38.3 Å². The largest absolute Gasteiger partial charge is 0.365 e. The van der Waals surface area contributed by atoms with Gasteiger partial charge in [-0.3, -0.25) is 19.8 Å². The molecule has 2 atom stereocenters. The molecule has 1 rings (SSSR count). The smallest absolute Gasteiger partial charge is 0.251 e. The molecule has 1 aliphatic rings. The lowest BCUT2D eigenvalue weighted by molar-refractivity contribution is -0.147. The number of rotatable bonds is 8. The molecular weight excluding hydrogens is 320 g/mol. The molecule has 0 aliphatic carbocycles. The minimum absolute atomic E-state index is 0.126. The summed E-state index contributed by atoms with van der Waals surface area (Å²) in [6, 6.07) is -0.824. The molecule has 0 aromatic carbocycles. The van der Waals surface area contributed by atoms with Gasteiger partial charge < -0.3 is 20.7 Å². The number of amides is 2. The Morgan fingerprint density at radius 3 is 2.70 bits per heavy atom. The number of carbonyl (C=O) groups excluding carboxylic acids is 3. The maximum atomic E-state index is 12.3. The molecule has 8 nitrogen and oxygen atoms in total. The third-order valence-electron chi connectivity index (χ3n) is 3.62. The Bertz CT molecular complexity index is 472. The SMILES string of the molecule is CC(=O)N1CCOC(C(=O)N[C@@H](CCCCN)C(=O)C(=N)S)C1. The summed E-state index contributed by atoms with van der Waals surface area (Å²) in [7, 11) is 0. The van der Waals surface area contributed by atoms with Gasteiger partial charge in [0.2, 0.25) is 11.7 Å². The highest BCUT2D eigenvalue weighted by Gasteiger charge is 2.31. The molecule has 1 saturated heterocycles. The molecule has 23 heavy (non-hydrogen) atoms. The van der Waals surface area contributed by atoms with E-state index in [0.29, 0.717) is 25.9 Å². The van der Waals surface area contributed by atoms with Crippen molar-refractivity contribution in [1.82, 2.24) is 10.2 Å². The van der Waals surface area contributed by atoms with Gasteiger partial charge in [-0.05, 0) is 25.8 Å². The van der Waals surface area contributed by atoms with Crippen LogP contribution < -0.4 is 11.1 Å². The summed E-state index contributed by atoms with van der Waals surface area (Å²) in [5.74, 6) is -1.13. The van der Waals surface area contributed by atoms with Crippen LogP contribution in [0.1, 0.15) is 26.2 Å². The first kappa shape index (κ1) is 19.6. The van der Waals surface area contributed by atoms with Crippen molar-refractivity contribution in [1.29, 1.82) is 5.41 Å². The number of thiol groups is 1. The van der Waals surface area contributed by atoms with Crippen LogP contribution >= 0.6 is 12.6 Å². The predicted octanol–water partition coefficient (Wildman–Crippen LogP) is -0.676. The van der Waals surface area contributed by atoms with E-state index < -0.39 is 28.9 Å². The summed E-state index contributed by atoms with van der Waals surface area (Å²) >= 11 is 3.74. The number of Topliss-reactive ketones (excluding diaryl/α,β-unsaturated/α-hetero) is 1. The molecule has 0 aromatic rings. The van der Waals surface area contributed by atoms with Crippen LogP contribution in [0.15, 0.2) is 0 Å². The number of unbranched alkanes of at least 4 members (excludes halogenated alkanes) is 1. The molecule has 4 N–H and O–H groups in total. The Morgan fingerprint density at radius 1 is 1.43 bits per heavy atom. The summed E-state index contributed by atoms with van der Waals surface area (Å²) in [5, 5.41) is 9.54. The van der Waals surface area contributed by atoms with Gasteiger partial charge in [0.1, 0.15) is 5.04 Å². The van der Waals surface area contributed by atoms with E-state index in [9.17, 15) is 14.4 Å². The van der Waals surface area contributed by atoms with Crippen LogP contribution in [-0.4, -0.2) is 65.9 Å². The fourth-order valence-electron chi connectivity index (χ4n) is 2.29. The van der Waals surface area contributed by atoms with Crippen LogP contribution in [0.4, 0.5) is 0 Å². The quantitative estimate of drug-likeness (QED) is 0.201. The number of carbonyl (C=O) groups is 3. The molecule has 9 heteroatoms. The van der Waals surface area contributed by atoms with Crippen molar-refractivity contribution in [3.8, 4) is 0 Å².